The van der Waals surface area contributed by atoms with Gasteiger partial charge in [0.15, 0.2) is 0 Å². The van der Waals surface area contributed by atoms with Crippen molar-refractivity contribution < 1.29 is 4.74 Å². The van der Waals surface area contributed by atoms with Crippen LogP contribution in [0.5, 0.6) is 5.75 Å². The zero-order chi connectivity index (χ0) is 19.1. The summed E-state index contributed by atoms with van der Waals surface area (Å²) in [5.41, 5.74) is 2.83. The molecule has 27 heavy (non-hydrogen) atoms. The molecule has 0 saturated carbocycles. The van der Waals surface area contributed by atoms with Gasteiger partial charge < -0.3 is 9.64 Å². The van der Waals surface area contributed by atoms with Crippen LogP contribution >= 0.6 is 0 Å². The molecule has 4 nitrogen and oxygen atoms in total. The molecule has 1 saturated heterocycles. The fraction of sp³-hybridized carbons (Fsp3) is 0.522. The molecule has 0 bridgehead atoms. The molecule has 0 atom stereocenters. The Kier molecular flexibility index (Phi) is 6.73. The average molecular weight is 368 g/mol. The first-order chi connectivity index (χ1) is 13.0. The van der Waals surface area contributed by atoms with E-state index < -0.39 is 0 Å². The molecule has 0 amide bonds. The number of unbranched alkanes of at least 4 members (excludes halogenated alkanes) is 1. The molecule has 1 aliphatic heterocycles. The van der Waals surface area contributed by atoms with Gasteiger partial charge in [0.2, 0.25) is 0 Å². The third-order valence-corrected chi connectivity index (χ3v) is 5.26. The van der Waals surface area contributed by atoms with E-state index in [0.717, 1.165) is 51.5 Å². The number of rotatable bonds is 7. The average Bonchev–Trinajstić information content (AvgIpc) is 2.69. The summed E-state index contributed by atoms with van der Waals surface area (Å²) in [4.78, 5) is 9.11. The minimum atomic E-state index is 0.194. The summed E-state index contributed by atoms with van der Waals surface area (Å²) in [6, 6.07) is 12.7. The summed E-state index contributed by atoms with van der Waals surface area (Å²) < 4.78 is 5.91. The number of pyridine rings is 1. The van der Waals surface area contributed by atoms with Gasteiger partial charge in [-0.25, -0.2) is 0 Å². The number of anilines is 1. The van der Waals surface area contributed by atoms with Crippen LogP contribution in [0, 0.1) is 0 Å². The minimum absolute atomic E-state index is 0.194. The SMILES string of the molecule is CC(C)(C)c1ccc(OCCCCN2CCN(c3ccncc3)CC2)cc1. The zero-order valence-corrected chi connectivity index (χ0v) is 17.0. The molecule has 3 rings (SSSR count). The molecule has 0 aliphatic carbocycles. The summed E-state index contributed by atoms with van der Waals surface area (Å²) >= 11 is 0. The van der Waals surface area contributed by atoms with E-state index in [2.05, 4.69) is 72.0 Å². The second kappa shape index (κ2) is 9.23. The molecule has 1 fully saturated rings. The highest BCUT2D eigenvalue weighted by Crippen LogP contribution is 2.24. The van der Waals surface area contributed by atoms with Crippen LogP contribution < -0.4 is 9.64 Å². The van der Waals surface area contributed by atoms with Crippen LogP contribution in [0.2, 0.25) is 0 Å². The van der Waals surface area contributed by atoms with E-state index in [0.29, 0.717) is 0 Å². The second-order valence-corrected chi connectivity index (χ2v) is 8.36. The normalized spacial score (nSPS) is 15.7. The van der Waals surface area contributed by atoms with E-state index in [4.69, 9.17) is 4.74 Å². The lowest BCUT2D eigenvalue weighted by Crippen LogP contribution is -2.46. The van der Waals surface area contributed by atoms with Crippen molar-refractivity contribution in [3.8, 4) is 5.75 Å². The van der Waals surface area contributed by atoms with Crippen LogP contribution in [-0.2, 0) is 5.41 Å². The van der Waals surface area contributed by atoms with E-state index in [-0.39, 0.29) is 5.41 Å². The van der Waals surface area contributed by atoms with Crippen molar-refractivity contribution in [1.82, 2.24) is 9.88 Å². The monoisotopic (exact) mass is 367 g/mol. The standard InChI is InChI=1S/C23H33N3O/c1-23(2,3)20-6-8-22(9-7-20)27-19-5-4-14-25-15-17-26(18-16-25)21-10-12-24-13-11-21/h6-13H,4-5,14-19H2,1-3H3. The van der Waals surface area contributed by atoms with Gasteiger partial charge in [-0.1, -0.05) is 32.9 Å². The predicted octanol–water partition coefficient (Wildman–Crippen LogP) is 4.36. The van der Waals surface area contributed by atoms with Gasteiger partial charge in [-0.2, -0.15) is 0 Å². The Morgan fingerprint density at radius 1 is 0.889 bits per heavy atom. The van der Waals surface area contributed by atoms with Crippen molar-refractivity contribution in [2.24, 2.45) is 0 Å². The van der Waals surface area contributed by atoms with Crippen molar-refractivity contribution in [2.75, 3.05) is 44.2 Å². The van der Waals surface area contributed by atoms with Crippen molar-refractivity contribution in [1.29, 1.82) is 0 Å². The lowest BCUT2D eigenvalue weighted by Gasteiger charge is -2.36. The molecule has 0 unspecified atom stereocenters. The molecule has 1 aromatic heterocycles. The number of piperazine rings is 1. The topological polar surface area (TPSA) is 28.6 Å². The number of aromatic nitrogens is 1. The van der Waals surface area contributed by atoms with Gasteiger partial charge >= 0.3 is 0 Å². The van der Waals surface area contributed by atoms with Gasteiger partial charge in [0.1, 0.15) is 5.75 Å². The van der Waals surface area contributed by atoms with Crippen molar-refractivity contribution in [3.63, 3.8) is 0 Å². The first-order valence-electron chi connectivity index (χ1n) is 10.1. The fourth-order valence-corrected chi connectivity index (χ4v) is 3.46. The van der Waals surface area contributed by atoms with Gasteiger partial charge in [0, 0.05) is 44.3 Å². The van der Waals surface area contributed by atoms with Gasteiger partial charge in [0.25, 0.3) is 0 Å². The maximum absolute atomic E-state index is 5.91. The van der Waals surface area contributed by atoms with E-state index in [1.54, 1.807) is 0 Å². The first-order valence-corrected chi connectivity index (χ1v) is 10.1. The van der Waals surface area contributed by atoms with Gasteiger partial charge in [-0.3, -0.25) is 9.88 Å². The zero-order valence-electron chi connectivity index (χ0n) is 17.0. The smallest absolute Gasteiger partial charge is 0.119 e. The van der Waals surface area contributed by atoms with E-state index in [9.17, 15) is 0 Å². The third-order valence-electron chi connectivity index (χ3n) is 5.26. The highest BCUT2D eigenvalue weighted by molar-refractivity contribution is 5.44. The van der Waals surface area contributed by atoms with Crippen LogP contribution in [0.3, 0.4) is 0 Å². The first kappa shape index (κ1) is 19.7. The van der Waals surface area contributed by atoms with Crippen LogP contribution in [0.25, 0.3) is 0 Å². The highest BCUT2D eigenvalue weighted by atomic mass is 16.5. The number of ether oxygens (including phenoxy) is 1. The number of hydrogen-bond donors (Lipinski definition) is 0. The highest BCUT2D eigenvalue weighted by Gasteiger charge is 2.16. The molecule has 0 N–H and O–H groups in total. The van der Waals surface area contributed by atoms with Gasteiger partial charge in [-0.15, -0.1) is 0 Å². The number of hydrogen-bond acceptors (Lipinski definition) is 4. The molecule has 146 valence electrons. The molecule has 0 radical (unpaired) electrons. The lowest BCUT2D eigenvalue weighted by molar-refractivity contribution is 0.238. The van der Waals surface area contributed by atoms with Crippen LogP contribution in [-0.4, -0.2) is 49.2 Å². The van der Waals surface area contributed by atoms with Crippen molar-refractivity contribution >= 4 is 5.69 Å². The Morgan fingerprint density at radius 3 is 2.19 bits per heavy atom. The van der Waals surface area contributed by atoms with E-state index >= 15 is 0 Å². The summed E-state index contributed by atoms with van der Waals surface area (Å²) in [7, 11) is 0. The quantitative estimate of drug-likeness (QED) is 0.680. The summed E-state index contributed by atoms with van der Waals surface area (Å²) in [6.45, 7) is 13.1. The summed E-state index contributed by atoms with van der Waals surface area (Å²) in [5.74, 6) is 0.981. The largest absolute Gasteiger partial charge is 0.494 e. The molecule has 0 spiro atoms. The number of benzene rings is 1. The van der Waals surface area contributed by atoms with Gasteiger partial charge in [-0.05, 0) is 54.6 Å². The summed E-state index contributed by atoms with van der Waals surface area (Å²) in [6.07, 6.45) is 6.04. The van der Waals surface area contributed by atoms with Crippen LogP contribution in [0.1, 0.15) is 39.2 Å². The Bertz CT molecular complexity index is 671. The van der Waals surface area contributed by atoms with Crippen LogP contribution in [0.4, 0.5) is 5.69 Å². The maximum Gasteiger partial charge on any atom is 0.119 e. The Morgan fingerprint density at radius 2 is 1.56 bits per heavy atom. The molecule has 1 aromatic carbocycles. The molecule has 1 aliphatic rings. The maximum atomic E-state index is 5.91. The molecule has 4 heteroatoms. The van der Waals surface area contributed by atoms with Crippen molar-refractivity contribution in [3.05, 3.63) is 54.4 Å². The molecular formula is C23H33N3O. The number of nitrogens with zero attached hydrogens (tertiary/aromatic N) is 3. The van der Waals surface area contributed by atoms with Gasteiger partial charge in [0.05, 0.1) is 6.61 Å². The van der Waals surface area contributed by atoms with Crippen LogP contribution in [0.15, 0.2) is 48.8 Å². The second-order valence-electron chi connectivity index (χ2n) is 8.36. The molecule has 2 aromatic rings. The third kappa shape index (κ3) is 5.96. The lowest BCUT2D eigenvalue weighted by atomic mass is 9.87. The fourth-order valence-electron chi connectivity index (χ4n) is 3.46. The Labute approximate surface area is 164 Å². The summed E-state index contributed by atoms with van der Waals surface area (Å²) in [5, 5.41) is 0. The molecule has 2 heterocycles. The predicted molar refractivity (Wildman–Crippen MR) is 113 cm³/mol. The van der Waals surface area contributed by atoms with Crippen molar-refractivity contribution in [2.45, 2.75) is 39.0 Å². The Hall–Kier alpha value is -2.07. The Balaban J connectivity index is 1.30. The van der Waals surface area contributed by atoms with E-state index in [1.165, 1.54) is 17.7 Å². The minimum Gasteiger partial charge on any atom is -0.494 e. The molecular weight excluding hydrogens is 334 g/mol. The van der Waals surface area contributed by atoms with E-state index in [1.807, 2.05) is 12.4 Å².